The summed E-state index contributed by atoms with van der Waals surface area (Å²) in [5.74, 6) is 0.997. The minimum absolute atomic E-state index is 0.0120. The van der Waals surface area contributed by atoms with Crippen molar-refractivity contribution in [2.24, 2.45) is 5.92 Å². The molecule has 1 saturated heterocycles. The van der Waals surface area contributed by atoms with Crippen LogP contribution in [0.25, 0.3) is 22.0 Å². The second-order valence-electron chi connectivity index (χ2n) is 10.7. The quantitative estimate of drug-likeness (QED) is 0.253. The van der Waals surface area contributed by atoms with Crippen LogP contribution < -0.4 is 15.0 Å². The van der Waals surface area contributed by atoms with E-state index in [0.29, 0.717) is 34.9 Å². The first-order valence-electron chi connectivity index (χ1n) is 13.8. The molecule has 6 nitrogen and oxygen atoms in total. The van der Waals surface area contributed by atoms with Gasteiger partial charge in [-0.15, -0.1) is 0 Å². The Kier molecular flexibility index (Phi) is 7.40. The summed E-state index contributed by atoms with van der Waals surface area (Å²) in [7, 11) is 0. The number of rotatable bonds is 8. The molecule has 6 rings (SSSR count). The molecule has 2 aliphatic rings. The molecule has 2 heterocycles. The van der Waals surface area contributed by atoms with Gasteiger partial charge in [0.05, 0.1) is 11.1 Å². The second kappa shape index (κ2) is 11.1. The molecule has 1 aliphatic heterocycles. The number of ether oxygens (including phenoxy) is 1. The number of halogens is 3. The number of aromatic nitrogens is 1. The van der Waals surface area contributed by atoms with E-state index in [1.54, 1.807) is 18.3 Å². The minimum atomic E-state index is -4.40. The van der Waals surface area contributed by atoms with E-state index >= 15 is 0 Å². The van der Waals surface area contributed by atoms with Gasteiger partial charge in [-0.2, -0.15) is 13.2 Å². The maximum Gasteiger partial charge on any atom is 0.416 e. The predicted octanol–water partition coefficient (Wildman–Crippen LogP) is 5.71. The molecule has 0 amide bonds. The van der Waals surface area contributed by atoms with Crippen molar-refractivity contribution in [2.75, 3.05) is 37.7 Å². The van der Waals surface area contributed by atoms with Gasteiger partial charge >= 0.3 is 6.18 Å². The van der Waals surface area contributed by atoms with Crippen molar-refractivity contribution in [3.63, 3.8) is 0 Å². The highest BCUT2D eigenvalue weighted by Crippen LogP contribution is 2.42. The molecule has 1 fully saturated rings. The first-order chi connectivity index (χ1) is 19.8. The largest absolute Gasteiger partial charge is 0.490 e. The van der Waals surface area contributed by atoms with Gasteiger partial charge in [0.15, 0.2) is 5.78 Å². The molecule has 0 saturated carbocycles. The third kappa shape index (κ3) is 5.52. The number of pyridine rings is 1. The van der Waals surface area contributed by atoms with Crippen LogP contribution in [0.5, 0.6) is 5.75 Å². The summed E-state index contributed by atoms with van der Waals surface area (Å²) in [5.41, 5.74) is 3.47. The average molecular weight is 562 g/mol. The molecule has 2 N–H and O–H groups in total. The number of aliphatic hydroxyl groups excluding tert-OH is 1. The highest BCUT2D eigenvalue weighted by molar-refractivity contribution is 6.22. The predicted molar refractivity (Wildman–Crippen MR) is 151 cm³/mol. The third-order valence-electron chi connectivity index (χ3n) is 7.96. The van der Waals surface area contributed by atoms with Gasteiger partial charge in [0.2, 0.25) is 0 Å². The van der Waals surface area contributed by atoms with Crippen LogP contribution in [0.4, 0.5) is 18.9 Å². The van der Waals surface area contributed by atoms with Gasteiger partial charge < -0.3 is 20.1 Å². The standard InChI is InChI=1S/C32H30F3N3O3/c33-32(34,35)21-8-9-25-27(16-21)37-13-10-28(25)38-14-11-20(12-15-38)17-36-18-22(39)19-41-29-7-3-6-26-30(29)23-4-1-2-5-24(23)31(26)40/h1-10,13,16,20,22,36,39H,11-12,14-15,17-19H2. The monoisotopic (exact) mass is 561 g/mol. The van der Waals surface area contributed by atoms with Gasteiger partial charge in [-0.05, 0) is 55.1 Å². The van der Waals surface area contributed by atoms with Gasteiger partial charge in [-0.3, -0.25) is 9.78 Å². The van der Waals surface area contributed by atoms with Gasteiger partial charge in [0.1, 0.15) is 18.5 Å². The fourth-order valence-electron chi connectivity index (χ4n) is 5.82. The Bertz CT molecular complexity index is 1580. The van der Waals surface area contributed by atoms with E-state index in [4.69, 9.17) is 4.74 Å². The van der Waals surface area contributed by atoms with Crippen LogP contribution in [0.15, 0.2) is 72.9 Å². The van der Waals surface area contributed by atoms with Crippen molar-refractivity contribution >= 4 is 22.4 Å². The smallest absolute Gasteiger partial charge is 0.416 e. The van der Waals surface area contributed by atoms with E-state index in [1.807, 2.05) is 36.4 Å². The van der Waals surface area contributed by atoms with Crippen LogP contribution in [-0.2, 0) is 6.18 Å². The van der Waals surface area contributed by atoms with Gasteiger partial charge in [0.25, 0.3) is 0 Å². The van der Waals surface area contributed by atoms with E-state index in [0.717, 1.165) is 66.8 Å². The lowest BCUT2D eigenvalue weighted by Crippen LogP contribution is -2.39. The SMILES string of the molecule is O=C1c2ccccc2-c2c(OCC(O)CNCC3CCN(c4ccnc5cc(C(F)(F)F)ccc45)CC3)cccc21. The van der Waals surface area contributed by atoms with E-state index in [9.17, 15) is 23.1 Å². The first-order valence-corrected chi connectivity index (χ1v) is 13.8. The number of nitrogens with one attached hydrogen (secondary N) is 1. The van der Waals surface area contributed by atoms with Crippen molar-refractivity contribution in [3.8, 4) is 16.9 Å². The molecule has 1 aromatic heterocycles. The molecule has 212 valence electrons. The molecule has 1 unspecified atom stereocenters. The van der Waals surface area contributed by atoms with Crippen LogP contribution in [-0.4, -0.2) is 54.8 Å². The van der Waals surface area contributed by atoms with Crippen LogP contribution >= 0.6 is 0 Å². The zero-order valence-corrected chi connectivity index (χ0v) is 22.3. The van der Waals surface area contributed by atoms with Crippen LogP contribution in [0.3, 0.4) is 0 Å². The molecule has 3 aromatic carbocycles. The Labute approximate surface area is 235 Å². The number of nitrogens with zero attached hydrogens (tertiary/aromatic N) is 2. The Morgan fingerprint density at radius 3 is 2.54 bits per heavy atom. The molecular weight excluding hydrogens is 531 g/mol. The summed E-state index contributed by atoms with van der Waals surface area (Å²) in [6, 6.07) is 18.5. The minimum Gasteiger partial charge on any atom is -0.490 e. The normalized spacial score (nSPS) is 16.1. The molecule has 1 aliphatic carbocycles. The summed E-state index contributed by atoms with van der Waals surface area (Å²) in [4.78, 5) is 19.1. The van der Waals surface area contributed by atoms with Gasteiger partial charge in [0, 0.05) is 53.6 Å². The number of carbonyl (C=O) groups is 1. The number of alkyl halides is 3. The number of aliphatic hydroxyl groups is 1. The van der Waals surface area contributed by atoms with E-state index in [2.05, 4.69) is 15.2 Å². The fraction of sp³-hybridized carbons (Fsp3) is 0.312. The Morgan fingerprint density at radius 1 is 1.00 bits per heavy atom. The van der Waals surface area contributed by atoms with Crippen LogP contribution in [0.1, 0.15) is 34.3 Å². The highest BCUT2D eigenvalue weighted by Gasteiger charge is 2.31. The van der Waals surface area contributed by atoms with E-state index in [-0.39, 0.29) is 12.4 Å². The Balaban J connectivity index is 0.989. The molecule has 0 bridgehead atoms. The summed E-state index contributed by atoms with van der Waals surface area (Å²) in [5, 5.41) is 14.6. The van der Waals surface area contributed by atoms with E-state index in [1.165, 1.54) is 6.07 Å². The van der Waals surface area contributed by atoms with Crippen molar-refractivity contribution in [3.05, 3.63) is 89.6 Å². The van der Waals surface area contributed by atoms with E-state index < -0.39 is 17.8 Å². The number of anilines is 1. The lowest BCUT2D eigenvalue weighted by Gasteiger charge is -2.34. The van der Waals surface area contributed by atoms with Gasteiger partial charge in [-0.25, -0.2) is 0 Å². The number of piperidine rings is 1. The number of carbonyl (C=O) groups excluding carboxylic acids is 1. The summed E-state index contributed by atoms with van der Waals surface area (Å²) in [6.07, 6.45) is -1.70. The summed E-state index contributed by atoms with van der Waals surface area (Å²) < 4.78 is 45.3. The lowest BCUT2D eigenvalue weighted by atomic mass is 9.96. The molecule has 0 radical (unpaired) electrons. The molecule has 1 atom stereocenters. The number of hydrogen-bond acceptors (Lipinski definition) is 6. The number of hydrogen-bond donors (Lipinski definition) is 2. The first kappa shape index (κ1) is 27.2. The van der Waals surface area contributed by atoms with Crippen molar-refractivity contribution in [1.29, 1.82) is 0 Å². The van der Waals surface area contributed by atoms with Crippen molar-refractivity contribution < 1.29 is 27.8 Å². The second-order valence-corrected chi connectivity index (χ2v) is 10.7. The molecular formula is C32H30F3N3O3. The zero-order valence-electron chi connectivity index (χ0n) is 22.3. The zero-order chi connectivity index (χ0) is 28.6. The fourth-order valence-corrected chi connectivity index (χ4v) is 5.82. The molecule has 4 aromatic rings. The molecule has 41 heavy (non-hydrogen) atoms. The summed E-state index contributed by atoms with van der Waals surface area (Å²) >= 11 is 0. The Morgan fingerprint density at radius 2 is 1.76 bits per heavy atom. The highest BCUT2D eigenvalue weighted by atomic mass is 19.4. The van der Waals surface area contributed by atoms with Crippen molar-refractivity contribution in [1.82, 2.24) is 10.3 Å². The maximum absolute atomic E-state index is 13.1. The Hall–Kier alpha value is -3.95. The average Bonchev–Trinajstić information content (AvgIpc) is 3.28. The molecule has 0 spiro atoms. The number of ketones is 1. The molecule has 9 heteroatoms. The number of benzene rings is 3. The maximum atomic E-state index is 13.1. The summed E-state index contributed by atoms with van der Waals surface area (Å²) in [6.45, 7) is 2.80. The third-order valence-corrected chi connectivity index (χ3v) is 7.96. The van der Waals surface area contributed by atoms with Crippen molar-refractivity contribution in [2.45, 2.75) is 25.1 Å². The van der Waals surface area contributed by atoms with Gasteiger partial charge in [-0.1, -0.05) is 42.5 Å². The van der Waals surface area contributed by atoms with Crippen LogP contribution in [0.2, 0.25) is 0 Å². The lowest BCUT2D eigenvalue weighted by molar-refractivity contribution is -0.137. The topological polar surface area (TPSA) is 74.7 Å². The number of fused-ring (bicyclic) bond motifs is 4. The van der Waals surface area contributed by atoms with Crippen LogP contribution in [0, 0.1) is 5.92 Å².